The van der Waals surface area contributed by atoms with Crippen LogP contribution >= 0.6 is 0 Å². The molecule has 0 bridgehead atoms. The van der Waals surface area contributed by atoms with Gasteiger partial charge in [0.25, 0.3) is 0 Å². The molecule has 4 aromatic rings. The molecule has 0 N–H and O–H groups in total. The Labute approximate surface area is 206 Å². The molecule has 0 unspecified atom stereocenters. The Hall–Kier alpha value is -2.60. The number of hydrogen-bond donors (Lipinski definition) is 0. The van der Waals surface area contributed by atoms with E-state index in [-0.39, 0.29) is 0 Å². The van der Waals surface area contributed by atoms with Crippen molar-refractivity contribution in [1.29, 1.82) is 0 Å². The predicted octanol–water partition coefficient (Wildman–Crippen LogP) is 12.0. The van der Waals surface area contributed by atoms with E-state index in [2.05, 4.69) is 126 Å². The van der Waals surface area contributed by atoms with Crippen molar-refractivity contribution in [2.75, 3.05) is 0 Å². The summed E-state index contributed by atoms with van der Waals surface area (Å²) < 4.78 is 0. The summed E-state index contributed by atoms with van der Waals surface area (Å²) in [5, 5.41) is 5.20. The summed E-state index contributed by atoms with van der Waals surface area (Å²) >= 11 is 0. The van der Waals surface area contributed by atoms with Crippen LogP contribution in [0.5, 0.6) is 0 Å². The van der Waals surface area contributed by atoms with E-state index in [1.807, 2.05) is 27.7 Å². The lowest BCUT2D eigenvalue weighted by atomic mass is 9.94. The van der Waals surface area contributed by atoms with E-state index < -0.39 is 0 Å². The van der Waals surface area contributed by atoms with E-state index in [9.17, 15) is 0 Å². The predicted molar refractivity (Wildman–Crippen MR) is 157 cm³/mol. The third-order valence-electron chi connectivity index (χ3n) is 3.87. The summed E-state index contributed by atoms with van der Waals surface area (Å²) in [5.41, 5.74) is 2.61. The molecule has 0 heterocycles. The van der Waals surface area contributed by atoms with Crippen LogP contribution in [0.25, 0.3) is 32.7 Å². The van der Waals surface area contributed by atoms with Crippen LogP contribution in [0.15, 0.2) is 84.9 Å². The molecule has 0 atom stereocenters. The first-order valence-corrected chi connectivity index (χ1v) is 13.1. The van der Waals surface area contributed by atoms with Gasteiger partial charge in [-0.3, -0.25) is 0 Å². The minimum atomic E-state index is 1.25. The minimum Gasteiger partial charge on any atom is -0.0683 e. The Morgan fingerprint density at radius 3 is 0.909 bits per heavy atom. The van der Waals surface area contributed by atoms with Gasteiger partial charge in [-0.2, -0.15) is 0 Å². The third-order valence-corrected chi connectivity index (χ3v) is 3.87. The van der Waals surface area contributed by atoms with Gasteiger partial charge < -0.3 is 0 Å². The monoisotopic (exact) mass is 446 g/mol. The van der Waals surface area contributed by atoms with Gasteiger partial charge in [-0.1, -0.05) is 173 Å². The van der Waals surface area contributed by atoms with Crippen molar-refractivity contribution in [1.82, 2.24) is 0 Å². The topological polar surface area (TPSA) is 0 Å². The van der Waals surface area contributed by atoms with Crippen LogP contribution in [0.2, 0.25) is 0 Å². The van der Waals surface area contributed by atoms with Crippen LogP contribution in [0.3, 0.4) is 0 Å². The first-order valence-electron chi connectivity index (χ1n) is 13.1. The van der Waals surface area contributed by atoms with Crippen LogP contribution in [0.4, 0.5) is 0 Å². The molecule has 0 aliphatic carbocycles. The van der Waals surface area contributed by atoms with Gasteiger partial charge in [-0.15, -0.1) is 0 Å². The second-order valence-corrected chi connectivity index (χ2v) is 7.17. The molecule has 0 amide bonds. The van der Waals surface area contributed by atoms with E-state index in [4.69, 9.17) is 0 Å². The van der Waals surface area contributed by atoms with Crippen molar-refractivity contribution in [2.24, 2.45) is 0 Å². The molecule has 0 nitrogen and oxygen atoms in total. The molecular formula is C33H50. The molecule has 4 rings (SSSR count). The van der Waals surface area contributed by atoms with Crippen molar-refractivity contribution >= 4 is 21.5 Å². The zero-order valence-corrected chi connectivity index (χ0v) is 23.2. The number of fused-ring (bicyclic) bond motifs is 2. The third kappa shape index (κ3) is 11.7. The highest BCUT2D eigenvalue weighted by Crippen LogP contribution is 2.33. The van der Waals surface area contributed by atoms with Crippen molar-refractivity contribution in [3.8, 4) is 11.1 Å². The van der Waals surface area contributed by atoms with E-state index in [1.54, 1.807) is 0 Å². The van der Waals surface area contributed by atoms with Gasteiger partial charge in [-0.05, 0) is 32.7 Å². The lowest BCUT2D eigenvalue weighted by molar-refractivity contribution is 1.09. The van der Waals surface area contributed by atoms with Crippen LogP contribution < -0.4 is 0 Å². The Morgan fingerprint density at radius 2 is 0.606 bits per heavy atom. The highest BCUT2D eigenvalue weighted by Gasteiger charge is 2.06. The number of benzene rings is 4. The maximum absolute atomic E-state index is 2.21. The molecule has 0 fully saturated rings. The smallest absolute Gasteiger partial charge is 0.00992 e. The zero-order valence-electron chi connectivity index (χ0n) is 23.2. The van der Waals surface area contributed by atoms with E-state index in [0.29, 0.717) is 0 Å². The van der Waals surface area contributed by atoms with E-state index in [1.165, 1.54) is 51.9 Å². The van der Waals surface area contributed by atoms with Gasteiger partial charge in [0.05, 0.1) is 0 Å². The normalized spacial score (nSPS) is 8.67. The highest BCUT2D eigenvalue weighted by molar-refractivity contribution is 6.05. The van der Waals surface area contributed by atoms with Crippen LogP contribution in [-0.2, 0) is 0 Å². The SMILES string of the molecule is CC.CC.CCC.CCC.CCC.c1ccc2c(-c3cccc4ccccc34)cccc2c1. The minimum absolute atomic E-state index is 1.25. The fourth-order valence-corrected chi connectivity index (χ4v) is 2.92. The highest BCUT2D eigenvalue weighted by atomic mass is 14.1. The summed E-state index contributed by atoms with van der Waals surface area (Å²) in [5.74, 6) is 0. The summed E-state index contributed by atoms with van der Waals surface area (Å²) in [6.45, 7) is 20.8. The standard InChI is InChI=1S/C20H14.3C3H8.2C2H6/c1-3-11-17-15(7-1)9-5-13-19(17)20-14-6-10-16-8-2-4-12-18(16)20;3*1-3-2;2*1-2/h1-14H;3*3H2,1-2H3;2*1-2H3. The molecule has 0 radical (unpaired) electrons. The van der Waals surface area contributed by atoms with Crippen molar-refractivity contribution in [3.05, 3.63) is 84.9 Å². The molecule has 4 aromatic carbocycles. The summed E-state index contributed by atoms with van der Waals surface area (Å²) in [4.78, 5) is 0. The number of hydrogen-bond acceptors (Lipinski definition) is 0. The van der Waals surface area contributed by atoms with Crippen molar-refractivity contribution < 1.29 is 0 Å². The van der Waals surface area contributed by atoms with Gasteiger partial charge in [0, 0.05) is 0 Å². The summed E-state index contributed by atoms with van der Waals surface area (Å²) in [6.07, 6.45) is 3.75. The first kappa shape index (κ1) is 32.6. The average molecular weight is 447 g/mol. The van der Waals surface area contributed by atoms with Crippen LogP contribution in [0, 0.1) is 0 Å². The van der Waals surface area contributed by atoms with Crippen LogP contribution in [0.1, 0.15) is 88.5 Å². The second kappa shape index (κ2) is 22.6. The molecule has 0 aliphatic rings. The van der Waals surface area contributed by atoms with Crippen molar-refractivity contribution in [3.63, 3.8) is 0 Å². The Bertz CT molecular complexity index is 857. The van der Waals surface area contributed by atoms with Gasteiger partial charge in [0.1, 0.15) is 0 Å². The molecule has 0 aliphatic heterocycles. The Kier molecular flexibility index (Phi) is 22.3. The van der Waals surface area contributed by atoms with E-state index in [0.717, 1.165) is 0 Å². The molecule has 0 spiro atoms. The zero-order chi connectivity index (χ0) is 25.5. The Balaban J connectivity index is 0. The molecule has 0 saturated carbocycles. The molecule has 33 heavy (non-hydrogen) atoms. The van der Waals surface area contributed by atoms with Gasteiger partial charge in [0.15, 0.2) is 0 Å². The average Bonchev–Trinajstić information content (AvgIpc) is 2.87. The van der Waals surface area contributed by atoms with Crippen molar-refractivity contribution in [2.45, 2.75) is 88.5 Å². The van der Waals surface area contributed by atoms with Gasteiger partial charge in [0.2, 0.25) is 0 Å². The molecule has 0 aromatic heterocycles. The fourth-order valence-electron chi connectivity index (χ4n) is 2.92. The van der Waals surface area contributed by atoms with Gasteiger partial charge in [-0.25, -0.2) is 0 Å². The molecule has 0 saturated heterocycles. The maximum Gasteiger partial charge on any atom is -0.00992 e. The lowest BCUT2D eigenvalue weighted by Crippen LogP contribution is -1.83. The summed E-state index contributed by atoms with van der Waals surface area (Å²) in [6, 6.07) is 30.2. The molecule has 182 valence electrons. The lowest BCUT2D eigenvalue weighted by Gasteiger charge is -2.10. The quantitative estimate of drug-likeness (QED) is 0.272. The van der Waals surface area contributed by atoms with Crippen LogP contribution in [-0.4, -0.2) is 0 Å². The largest absolute Gasteiger partial charge is 0.0683 e. The first-order chi connectivity index (χ1) is 16.2. The molecule has 0 heteroatoms. The fraction of sp³-hybridized carbons (Fsp3) is 0.394. The Morgan fingerprint density at radius 1 is 0.364 bits per heavy atom. The van der Waals surface area contributed by atoms with E-state index >= 15 is 0 Å². The summed E-state index contributed by atoms with van der Waals surface area (Å²) in [7, 11) is 0. The maximum atomic E-state index is 2.21. The number of rotatable bonds is 1. The van der Waals surface area contributed by atoms with Gasteiger partial charge >= 0.3 is 0 Å². The second-order valence-electron chi connectivity index (χ2n) is 7.17. The molecular weight excluding hydrogens is 396 g/mol.